The molecular weight excluding hydrogens is 174 g/mol. The summed E-state index contributed by atoms with van der Waals surface area (Å²) >= 11 is 5.91. The van der Waals surface area contributed by atoms with Crippen molar-refractivity contribution < 1.29 is 0 Å². The molecule has 4 heteroatoms. The van der Waals surface area contributed by atoms with E-state index in [1.807, 2.05) is 13.8 Å². The van der Waals surface area contributed by atoms with Gasteiger partial charge in [-0.15, -0.1) is 0 Å². The van der Waals surface area contributed by atoms with Crippen LogP contribution in [0.3, 0.4) is 0 Å². The molecule has 0 unspecified atom stereocenters. The lowest BCUT2D eigenvalue weighted by Gasteiger charge is -1.98. The van der Waals surface area contributed by atoms with Gasteiger partial charge in [-0.2, -0.15) is 10.4 Å². The first-order valence-electron chi connectivity index (χ1n) is 3.73. The lowest BCUT2D eigenvalue weighted by atomic mass is 10.4. The van der Waals surface area contributed by atoms with Gasteiger partial charge in [-0.1, -0.05) is 11.6 Å². The molecule has 0 aliphatic rings. The highest BCUT2D eigenvalue weighted by molar-refractivity contribution is 6.31. The fourth-order valence-corrected chi connectivity index (χ4v) is 1.18. The molecule has 1 heterocycles. The van der Waals surface area contributed by atoms with E-state index in [-0.39, 0.29) is 0 Å². The Bertz CT molecular complexity index is 322. The largest absolute Gasteiger partial charge is 0.267 e. The number of rotatable bonds is 2. The van der Waals surface area contributed by atoms with E-state index in [1.54, 1.807) is 4.68 Å². The van der Waals surface area contributed by atoms with E-state index in [4.69, 9.17) is 16.9 Å². The molecule has 0 aromatic carbocycles. The minimum Gasteiger partial charge on any atom is -0.267 e. The number of aryl methyl sites for hydroxylation is 2. The third-order valence-corrected chi connectivity index (χ3v) is 2.28. The Morgan fingerprint density at radius 1 is 1.58 bits per heavy atom. The van der Waals surface area contributed by atoms with Gasteiger partial charge in [0.25, 0.3) is 0 Å². The molecule has 1 rings (SSSR count). The maximum absolute atomic E-state index is 8.37. The van der Waals surface area contributed by atoms with Crippen molar-refractivity contribution in [2.45, 2.75) is 26.8 Å². The first-order valence-corrected chi connectivity index (χ1v) is 4.11. The summed E-state index contributed by atoms with van der Waals surface area (Å²) in [6, 6.07) is 2.07. The molecular formula is C8H10ClN3. The van der Waals surface area contributed by atoms with E-state index in [0.717, 1.165) is 11.4 Å². The van der Waals surface area contributed by atoms with Crippen LogP contribution in [0.2, 0.25) is 5.02 Å². The van der Waals surface area contributed by atoms with Crippen LogP contribution in [0.15, 0.2) is 0 Å². The van der Waals surface area contributed by atoms with Gasteiger partial charge in [0, 0.05) is 0 Å². The van der Waals surface area contributed by atoms with Crippen molar-refractivity contribution in [3.8, 4) is 6.07 Å². The van der Waals surface area contributed by atoms with E-state index in [9.17, 15) is 0 Å². The minimum absolute atomic E-state index is 0.471. The molecule has 0 aliphatic heterocycles. The van der Waals surface area contributed by atoms with Crippen molar-refractivity contribution in [2.75, 3.05) is 0 Å². The predicted molar refractivity (Wildman–Crippen MR) is 46.9 cm³/mol. The van der Waals surface area contributed by atoms with E-state index in [0.29, 0.717) is 18.0 Å². The van der Waals surface area contributed by atoms with Crippen LogP contribution in [0.4, 0.5) is 0 Å². The quantitative estimate of drug-likeness (QED) is 0.705. The number of halogens is 1. The van der Waals surface area contributed by atoms with Gasteiger partial charge in [0.15, 0.2) is 0 Å². The molecule has 0 spiro atoms. The molecule has 1 aromatic heterocycles. The standard InChI is InChI=1S/C8H10ClN3/c1-6-8(9)7(2)12(11-6)5-3-4-10/h3,5H2,1-2H3. The average Bonchev–Trinajstić information content (AvgIpc) is 2.30. The highest BCUT2D eigenvalue weighted by Gasteiger charge is 2.07. The molecule has 0 atom stereocenters. The average molecular weight is 184 g/mol. The summed E-state index contributed by atoms with van der Waals surface area (Å²) in [6.07, 6.45) is 0.471. The third kappa shape index (κ3) is 1.59. The van der Waals surface area contributed by atoms with Crippen LogP contribution in [-0.4, -0.2) is 9.78 Å². The maximum Gasteiger partial charge on any atom is 0.0844 e. The lowest BCUT2D eigenvalue weighted by Crippen LogP contribution is -2.01. The van der Waals surface area contributed by atoms with Crippen LogP contribution in [-0.2, 0) is 6.54 Å². The third-order valence-electron chi connectivity index (χ3n) is 1.73. The summed E-state index contributed by atoms with van der Waals surface area (Å²) in [5, 5.41) is 13.3. The Morgan fingerprint density at radius 2 is 2.25 bits per heavy atom. The molecule has 0 saturated heterocycles. The van der Waals surface area contributed by atoms with Gasteiger partial charge in [-0.05, 0) is 13.8 Å². The molecule has 64 valence electrons. The van der Waals surface area contributed by atoms with Crippen molar-refractivity contribution in [2.24, 2.45) is 0 Å². The summed E-state index contributed by atoms with van der Waals surface area (Å²) < 4.78 is 1.76. The van der Waals surface area contributed by atoms with Crippen molar-refractivity contribution in [3.05, 3.63) is 16.4 Å². The maximum atomic E-state index is 8.37. The zero-order valence-electron chi connectivity index (χ0n) is 7.13. The smallest absolute Gasteiger partial charge is 0.0844 e. The van der Waals surface area contributed by atoms with Gasteiger partial charge in [0.05, 0.1) is 35.4 Å². The second-order valence-electron chi connectivity index (χ2n) is 2.62. The monoisotopic (exact) mass is 183 g/mol. The van der Waals surface area contributed by atoms with Crippen LogP contribution < -0.4 is 0 Å². The Labute approximate surface area is 76.6 Å². The minimum atomic E-state index is 0.471. The van der Waals surface area contributed by atoms with E-state index >= 15 is 0 Å². The van der Waals surface area contributed by atoms with Gasteiger partial charge in [-0.3, -0.25) is 4.68 Å². The molecule has 0 fully saturated rings. The second-order valence-corrected chi connectivity index (χ2v) is 2.99. The zero-order valence-corrected chi connectivity index (χ0v) is 7.89. The first kappa shape index (κ1) is 9.08. The van der Waals surface area contributed by atoms with Crippen LogP contribution >= 0.6 is 11.6 Å². The van der Waals surface area contributed by atoms with Gasteiger partial charge >= 0.3 is 0 Å². The van der Waals surface area contributed by atoms with Crippen molar-refractivity contribution in [1.82, 2.24) is 9.78 Å². The van der Waals surface area contributed by atoms with Crippen LogP contribution in [0.25, 0.3) is 0 Å². The second kappa shape index (κ2) is 3.59. The zero-order chi connectivity index (χ0) is 9.14. The molecule has 0 bridgehead atoms. The number of nitrogens with zero attached hydrogens (tertiary/aromatic N) is 3. The summed E-state index contributed by atoms with van der Waals surface area (Å²) in [5.41, 5.74) is 1.76. The Balaban J connectivity index is 2.87. The summed E-state index contributed by atoms with van der Waals surface area (Å²) in [6.45, 7) is 4.38. The summed E-state index contributed by atoms with van der Waals surface area (Å²) in [5.74, 6) is 0. The first-order chi connectivity index (χ1) is 5.66. The summed E-state index contributed by atoms with van der Waals surface area (Å²) in [7, 11) is 0. The number of hydrogen-bond donors (Lipinski definition) is 0. The normalized spacial score (nSPS) is 9.83. The lowest BCUT2D eigenvalue weighted by molar-refractivity contribution is 0.605. The molecule has 0 aliphatic carbocycles. The Morgan fingerprint density at radius 3 is 2.67 bits per heavy atom. The van der Waals surface area contributed by atoms with Crippen molar-refractivity contribution in [3.63, 3.8) is 0 Å². The molecule has 0 amide bonds. The molecule has 12 heavy (non-hydrogen) atoms. The topological polar surface area (TPSA) is 41.6 Å². The van der Waals surface area contributed by atoms with E-state index in [1.165, 1.54) is 0 Å². The molecule has 0 radical (unpaired) electrons. The van der Waals surface area contributed by atoms with Gasteiger partial charge in [-0.25, -0.2) is 0 Å². The van der Waals surface area contributed by atoms with Gasteiger partial charge in [0.2, 0.25) is 0 Å². The molecule has 0 saturated carbocycles. The SMILES string of the molecule is Cc1nn(CCC#N)c(C)c1Cl. The van der Waals surface area contributed by atoms with Gasteiger partial charge in [0.1, 0.15) is 0 Å². The fraction of sp³-hybridized carbons (Fsp3) is 0.500. The van der Waals surface area contributed by atoms with Crippen LogP contribution in [0.5, 0.6) is 0 Å². The Hall–Kier alpha value is -1.01. The number of nitriles is 1. The van der Waals surface area contributed by atoms with Crippen LogP contribution in [0, 0.1) is 25.2 Å². The van der Waals surface area contributed by atoms with E-state index < -0.39 is 0 Å². The number of hydrogen-bond acceptors (Lipinski definition) is 2. The van der Waals surface area contributed by atoms with Crippen molar-refractivity contribution in [1.29, 1.82) is 5.26 Å². The molecule has 1 aromatic rings. The highest BCUT2D eigenvalue weighted by Crippen LogP contribution is 2.18. The van der Waals surface area contributed by atoms with Crippen molar-refractivity contribution >= 4 is 11.6 Å². The predicted octanol–water partition coefficient (Wildman–Crippen LogP) is 2.07. The molecule has 3 nitrogen and oxygen atoms in total. The number of aromatic nitrogens is 2. The van der Waals surface area contributed by atoms with Crippen LogP contribution in [0.1, 0.15) is 17.8 Å². The molecule has 0 N–H and O–H groups in total. The van der Waals surface area contributed by atoms with Gasteiger partial charge < -0.3 is 0 Å². The summed E-state index contributed by atoms with van der Waals surface area (Å²) in [4.78, 5) is 0. The Kier molecular flexibility index (Phi) is 2.72. The fourth-order valence-electron chi connectivity index (χ4n) is 1.05. The van der Waals surface area contributed by atoms with E-state index in [2.05, 4.69) is 11.2 Å². The highest BCUT2D eigenvalue weighted by atomic mass is 35.5.